The van der Waals surface area contributed by atoms with E-state index in [1.54, 1.807) is 6.92 Å². The summed E-state index contributed by atoms with van der Waals surface area (Å²) in [6.07, 6.45) is 2.97. The number of fused-ring (bicyclic) bond motifs is 1. The molecule has 0 amide bonds. The van der Waals surface area contributed by atoms with Crippen LogP contribution in [0.5, 0.6) is 5.75 Å². The number of sulfonamides is 1. The molecule has 0 atom stereocenters. The van der Waals surface area contributed by atoms with Gasteiger partial charge in [-0.25, -0.2) is 22.5 Å². The molecule has 0 fully saturated rings. The number of nitrogens with one attached hydrogen (secondary N) is 1. The summed E-state index contributed by atoms with van der Waals surface area (Å²) >= 11 is 2.76. The van der Waals surface area contributed by atoms with Crippen molar-refractivity contribution in [2.24, 2.45) is 5.92 Å². The van der Waals surface area contributed by atoms with Gasteiger partial charge in [-0.05, 0) is 60.6 Å². The molecule has 10 nitrogen and oxygen atoms in total. The first-order valence-electron chi connectivity index (χ1n) is 13.7. The van der Waals surface area contributed by atoms with Crippen molar-refractivity contribution >= 4 is 49.3 Å². The molecule has 0 saturated carbocycles. The van der Waals surface area contributed by atoms with Crippen LogP contribution in [0.25, 0.3) is 20.7 Å². The van der Waals surface area contributed by atoms with Gasteiger partial charge in [-0.3, -0.25) is 14.2 Å². The predicted octanol–water partition coefficient (Wildman–Crippen LogP) is 4.31. The van der Waals surface area contributed by atoms with Crippen molar-refractivity contribution in [3.8, 4) is 16.2 Å². The highest BCUT2D eigenvalue weighted by Gasteiger charge is 2.25. The zero-order chi connectivity index (χ0) is 31.3. The number of ether oxygens (including phenoxy) is 2. The van der Waals surface area contributed by atoms with Gasteiger partial charge < -0.3 is 9.47 Å². The summed E-state index contributed by atoms with van der Waals surface area (Å²) in [5.41, 5.74) is 0.651. The monoisotopic (exact) mass is 645 g/mol. The highest BCUT2D eigenvalue weighted by Crippen LogP contribution is 2.38. The molecule has 2 aromatic carbocycles. The molecule has 0 radical (unpaired) electrons. The molecule has 0 unspecified atom stereocenters. The van der Waals surface area contributed by atoms with Gasteiger partial charge >= 0.3 is 11.7 Å². The van der Waals surface area contributed by atoms with Crippen molar-refractivity contribution < 1.29 is 22.7 Å². The Balaban J connectivity index is 2.00. The second kappa shape index (κ2) is 13.9. The SMILES string of the molecule is CCOC(=O)Cn1c(=O)c2c(CNS(C)(=O)=O)c(-c3ccc(OCC(C)C)cc3)sc2n(Cc2ccccc2SC)c1=O. The van der Waals surface area contributed by atoms with Gasteiger partial charge in [0.15, 0.2) is 0 Å². The molecule has 13 heteroatoms. The van der Waals surface area contributed by atoms with E-state index < -0.39 is 33.8 Å². The van der Waals surface area contributed by atoms with E-state index in [9.17, 15) is 22.8 Å². The molecule has 2 aromatic heterocycles. The van der Waals surface area contributed by atoms with Crippen LogP contribution in [0.2, 0.25) is 0 Å². The number of thioether (sulfide) groups is 1. The first-order valence-corrected chi connectivity index (χ1v) is 17.6. The first kappa shape index (κ1) is 32.5. The first-order chi connectivity index (χ1) is 20.4. The molecule has 1 N–H and O–H groups in total. The van der Waals surface area contributed by atoms with Crippen LogP contribution in [0.15, 0.2) is 63.0 Å². The van der Waals surface area contributed by atoms with Gasteiger partial charge in [-0.1, -0.05) is 32.0 Å². The molecule has 4 aromatic rings. The minimum absolute atomic E-state index is 0.0914. The Morgan fingerprint density at radius 2 is 1.77 bits per heavy atom. The van der Waals surface area contributed by atoms with E-state index in [1.165, 1.54) is 27.7 Å². The van der Waals surface area contributed by atoms with Crippen LogP contribution >= 0.6 is 23.1 Å². The third-order valence-corrected chi connectivity index (χ3v) is 9.29. The molecular weight excluding hydrogens is 611 g/mol. The third-order valence-electron chi connectivity index (χ3n) is 6.48. The number of benzene rings is 2. The lowest BCUT2D eigenvalue weighted by Gasteiger charge is -2.14. The van der Waals surface area contributed by atoms with Crippen LogP contribution in [-0.4, -0.2) is 49.2 Å². The van der Waals surface area contributed by atoms with Gasteiger partial charge in [0.1, 0.15) is 17.1 Å². The van der Waals surface area contributed by atoms with Gasteiger partial charge in [0.05, 0.1) is 31.4 Å². The van der Waals surface area contributed by atoms with Gasteiger partial charge in [0, 0.05) is 21.9 Å². The fraction of sp³-hybridized carbons (Fsp3) is 0.367. The molecule has 0 aliphatic rings. The Hall–Kier alpha value is -3.39. The molecule has 2 heterocycles. The average molecular weight is 646 g/mol. The van der Waals surface area contributed by atoms with Crippen molar-refractivity contribution in [2.75, 3.05) is 25.7 Å². The van der Waals surface area contributed by atoms with E-state index >= 15 is 0 Å². The summed E-state index contributed by atoms with van der Waals surface area (Å²) < 4.78 is 40.0. The lowest BCUT2D eigenvalue weighted by molar-refractivity contribution is -0.143. The molecule has 230 valence electrons. The molecule has 43 heavy (non-hydrogen) atoms. The maximum atomic E-state index is 14.0. The average Bonchev–Trinajstić information content (AvgIpc) is 3.35. The van der Waals surface area contributed by atoms with Gasteiger partial charge in [0.2, 0.25) is 10.0 Å². The van der Waals surface area contributed by atoms with E-state index in [4.69, 9.17) is 9.47 Å². The lowest BCUT2D eigenvalue weighted by Crippen LogP contribution is -2.42. The Labute approximate surface area is 258 Å². The molecule has 0 aliphatic heterocycles. The largest absolute Gasteiger partial charge is 0.493 e. The summed E-state index contributed by atoms with van der Waals surface area (Å²) in [4.78, 5) is 42.3. The number of carbonyl (C=O) groups is 1. The fourth-order valence-corrected chi connectivity index (χ4v) is 6.83. The molecule has 0 aliphatic carbocycles. The Morgan fingerprint density at radius 1 is 1.07 bits per heavy atom. The number of hydrogen-bond donors (Lipinski definition) is 1. The quantitative estimate of drug-likeness (QED) is 0.169. The normalized spacial score (nSPS) is 11.8. The third kappa shape index (κ3) is 7.77. The van der Waals surface area contributed by atoms with Crippen LogP contribution in [0.1, 0.15) is 31.9 Å². The standard InChI is InChI=1S/C30H35N3O7S3/c1-6-39-25(34)17-32-28(35)26-23(15-31-43(5,37)38)27(20-11-13-22(14-12-20)40-18-19(2)3)42-29(26)33(30(32)36)16-21-9-7-8-10-24(21)41-4/h7-14,19,31H,6,15-18H2,1-5H3. The van der Waals surface area contributed by atoms with E-state index in [0.717, 1.165) is 26.8 Å². The molecule has 0 bridgehead atoms. The Morgan fingerprint density at radius 3 is 2.40 bits per heavy atom. The Bertz CT molecular complexity index is 1840. The zero-order valence-electron chi connectivity index (χ0n) is 24.7. The smallest absolute Gasteiger partial charge is 0.332 e. The number of rotatable bonds is 13. The summed E-state index contributed by atoms with van der Waals surface area (Å²) in [5, 5.41) is 0.168. The van der Waals surface area contributed by atoms with Crippen molar-refractivity contribution in [2.45, 2.75) is 45.3 Å². The topological polar surface area (TPSA) is 126 Å². The van der Waals surface area contributed by atoms with Gasteiger partial charge in [-0.2, -0.15) is 0 Å². The second-order valence-electron chi connectivity index (χ2n) is 10.3. The van der Waals surface area contributed by atoms with Crippen molar-refractivity contribution in [1.82, 2.24) is 13.9 Å². The van der Waals surface area contributed by atoms with E-state index in [0.29, 0.717) is 33.5 Å². The Kier molecular flexibility index (Phi) is 10.5. The van der Waals surface area contributed by atoms with Crippen molar-refractivity contribution in [1.29, 1.82) is 0 Å². The molecule has 0 saturated heterocycles. The van der Waals surface area contributed by atoms with Crippen molar-refractivity contribution in [3.05, 3.63) is 80.5 Å². The number of aromatic nitrogens is 2. The number of hydrogen-bond acceptors (Lipinski definition) is 9. The fourth-order valence-electron chi connectivity index (χ4n) is 4.51. The van der Waals surface area contributed by atoms with Crippen LogP contribution in [0.3, 0.4) is 0 Å². The maximum absolute atomic E-state index is 14.0. The summed E-state index contributed by atoms with van der Waals surface area (Å²) in [6, 6.07) is 14.9. The molecule has 4 rings (SSSR count). The highest BCUT2D eigenvalue weighted by atomic mass is 32.2. The van der Waals surface area contributed by atoms with Crippen LogP contribution < -0.4 is 20.7 Å². The molecule has 0 spiro atoms. The number of esters is 1. The minimum Gasteiger partial charge on any atom is -0.493 e. The van der Waals surface area contributed by atoms with Gasteiger partial charge in [0.25, 0.3) is 5.56 Å². The number of carbonyl (C=O) groups excluding carboxylic acids is 1. The number of nitrogens with zero attached hydrogens (tertiary/aromatic N) is 2. The molecular formula is C30H35N3O7S3. The summed E-state index contributed by atoms with van der Waals surface area (Å²) in [5.74, 6) is 0.304. The minimum atomic E-state index is -3.63. The predicted molar refractivity (Wildman–Crippen MR) is 172 cm³/mol. The maximum Gasteiger partial charge on any atom is 0.332 e. The lowest BCUT2D eigenvalue weighted by atomic mass is 10.1. The zero-order valence-corrected chi connectivity index (χ0v) is 27.2. The van der Waals surface area contributed by atoms with Gasteiger partial charge in [-0.15, -0.1) is 23.1 Å². The van der Waals surface area contributed by atoms with E-state index in [1.807, 2.05) is 54.8 Å². The van der Waals surface area contributed by atoms with E-state index in [2.05, 4.69) is 18.6 Å². The highest BCUT2D eigenvalue weighted by molar-refractivity contribution is 7.98. The summed E-state index contributed by atoms with van der Waals surface area (Å²) in [7, 11) is -3.63. The second-order valence-corrected chi connectivity index (χ2v) is 14.0. The van der Waals surface area contributed by atoms with Crippen LogP contribution in [0, 0.1) is 5.92 Å². The summed E-state index contributed by atoms with van der Waals surface area (Å²) in [6.45, 7) is 5.77. The van der Waals surface area contributed by atoms with E-state index in [-0.39, 0.29) is 25.1 Å². The van der Waals surface area contributed by atoms with Crippen LogP contribution in [0.4, 0.5) is 0 Å². The number of thiophene rings is 1. The van der Waals surface area contributed by atoms with Crippen LogP contribution in [-0.2, 0) is 39.2 Å². The van der Waals surface area contributed by atoms with Crippen molar-refractivity contribution in [3.63, 3.8) is 0 Å².